The Morgan fingerprint density at radius 3 is 2.62 bits per heavy atom. The first-order valence-electron chi connectivity index (χ1n) is 5.12. The molecule has 0 aliphatic rings. The first-order valence-corrected chi connectivity index (χ1v) is 5.66. The molecule has 0 bridgehead atoms. The number of carbonyl (C=O) groups excluding carboxylic acids is 1. The number of halogens is 1. The van der Waals surface area contributed by atoms with Crippen molar-refractivity contribution in [3.8, 4) is 0 Å². The van der Waals surface area contributed by atoms with E-state index in [-0.39, 0.29) is 11.8 Å². The fourth-order valence-electron chi connectivity index (χ4n) is 0.928. The molecule has 4 heteroatoms. The number of hydrogen-bond acceptors (Lipinski definition) is 3. The van der Waals surface area contributed by atoms with E-state index in [1.165, 1.54) is 6.92 Å². The summed E-state index contributed by atoms with van der Waals surface area (Å²) in [6.45, 7) is 5.25. The smallest absolute Gasteiger partial charge is 0.302 e. The molecule has 92 valence electrons. The van der Waals surface area contributed by atoms with Crippen LogP contribution in [0.3, 0.4) is 0 Å². The summed E-state index contributed by atoms with van der Waals surface area (Å²) in [5.74, 6) is -0.121. The molecule has 1 atom stereocenters. The van der Waals surface area contributed by atoms with Crippen molar-refractivity contribution >= 4 is 17.6 Å². The molecule has 16 heavy (non-hydrogen) atoms. The Morgan fingerprint density at radius 2 is 2.12 bits per heavy atom. The second-order valence-electron chi connectivity index (χ2n) is 3.95. The van der Waals surface area contributed by atoms with Crippen LogP contribution in [0.2, 0.25) is 0 Å². The Hall–Kier alpha value is -0.800. The predicted octanol–water partition coefficient (Wildman–Crippen LogP) is 2.43. The predicted molar refractivity (Wildman–Crippen MR) is 65.5 cm³/mol. The standard InChI is InChI=1S/C12H19ClO3/c1-10(6-8-16-11(2)14)5-4-7-12(3,15)9-13/h4,6-7,15H,5,8-9H2,1-3H3/b7-4+,10-6+. The minimum atomic E-state index is -0.961. The van der Waals surface area contributed by atoms with Crippen LogP contribution in [-0.2, 0) is 9.53 Å². The number of hydrogen-bond donors (Lipinski definition) is 1. The molecule has 0 saturated heterocycles. The van der Waals surface area contributed by atoms with Gasteiger partial charge in [-0.15, -0.1) is 11.6 Å². The summed E-state index contributed by atoms with van der Waals surface area (Å²) in [6, 6.07) is 0. The lowest BCUT2D eigenvalue weighted by Crippen LogP contribution is -2.22. The summed E-state index contributed by atoms with van der Waals surface area (Å²) in [5.41, 5.74) is 0.112. The van der Waals surface area contributed by atoms with Crippen molar-refractivity contribution in [1.82, 2.24) is 0 Å². The molecule has 0 aromatic carbocycles. The Kier molecular flexibility index (Phi) is 7.10. The lowest BCUT2D eigenvalue weighted by Gasteiger charge is -2.13. The lowest BCUT2D eigenvalue weighted by atomic mass is 10.1. The van der Waals surface area contributed by atoms with Gasteiger partial charge in [-0.25, -0.2) is 0 Å². The van der Waals surface area contributed by atoms with Crippen molar-refractivity contribution in [3.05, 3.63) is 23.8 Å². The highest BCUT2D eigenvalue weighted by Gasteiger charge is 2.12. The number of carbonyl (C=O) groups is 1. The Morgan fingerprint density at radius 1 is 1.50 bits per heavy atom. The van der Waals surface area contributed by atoms with Gasteiger partial charge in [0.2, 0.25) is 0 Å². The zero-order chi connectivity index (χ0) is 12.6. The van der Waals surface area contributed by atoms with E-state index in [1.807, 2.05) is 19.1 Å². The molecule has 3 nitrogen and oxygen atoms in total. The van der Waals surface area contributed by atoms with Gasteiger partial charge < -0.3 is 9.84 Å². The highest BCUT2D eigenvalue weighted by Crippen LogP contribution is 2.10. The van der Waals surface area contributed by atoms with Crippen molar-refractivity contribution in [1.29, 1.82) is 0 Å². The average molecular weight is 247 g/mol. The third-order valence-electron chi connectivity index (χ3n) is 1.91. The molecule has 0 saturated carbocycles. The second kappa shape index (κ2) is 7.47. The maximum atomic E-state index is 10.5. The minimum absolute atomic E-state index is 0.166. The van der Waals surface area contributed by atoms with E-state index < -0.39 is 5.60 Å². The molecule has 0 aliphatic heterocycles. The van der Waals surface area contributed by atoms with E-state index in [0.717, 1.165) is 5.57 Å². The maximum absolute atomic E-state index is 10.5. The van der Waals surface area contributed by atoms with E-state index in [0.29, 0.717) is 13.0 Å². The van der Waals surface area contributed by atoms with Crippen molar-refractivity contribution in [2.75, 3.05) is 12.5 Å². The Labute approximate surface area is 102 Å². The fourth-order valence-corrected chi connectivity index (χ4v) is 1.02. The minimum Gasteiger partial charge on any atom is -0.462 e. The number of esters is 1. The summed E-state index contributed by atoms with van der Waals surface area (Å²) in [4.78, 5) is 10.5. The monoisotopic (exact) mass is 246 g/mol. The summed E-state index contributed by atoms with van der Waals surface area (Å²) in [7, 11) is 0. The lowest BCUT2D eigenvalue weighted by molar-refractivity contribution is -0.139. The van der Waals surface area contributed by atoms with Crippen LogP contribution in [0.5, 0.6) is 0 Å². The molecule has 1 N–H and O–H groups in total. The van der Waals surface area contributed by atoms with Gasteiger partial charge in [-0.2, -0.15) is 0 Å². The van der Waals surface area contributed by atoms with Gasteiger partial charge in [0.15, 0.2) is 0 Å². The summed E-state index contributed by atoms with van der Waals surface area (Å²) in [6.07, 6.45) is 6.06. The summed E-state index contributed by atoms with van der Waals surface area (Å²) >= 11 is 5.55. The van der Waals surface area contributed by atoms with Crippen LogP contribution >= 0.6 is 11.6 Å². The molecule has 0 aromatic heterocycles. The van der Waals surface area contributed by atoms with Crippen LogP contribution in [0.1, 0.15) is 27.2 Å². The number of alkyl halides is 1. The second-order valence-corrected chi connectivity index (χ2v) is 4.22. The van der Waals surface area contributed by atoms with E-state index in [2.05, 4.69) is 0 Å². The quantitative estimate of drug-likeness (QED) is 0.445. The van der Waals surface area contributed by atoms with Crippen molar-refractivity contribution in [3.63, 3.8) is 0 Å². The maximum Gasteiger partial charge on any atom is 0.302 e. The van der Waals surface area contributed by atoms with E-state index in [1.54, 1.807) is 13.0 Å². The first kappa shape index (κ1) is 15.2. The van der Waals surface area contributed by atoms with Crippen molar-refractivity contribution in [2.24, 2.45) is 0 Å². The summed E-state index contributed by atoms with van der Waals surface area (Å²) in [5, 5.41) is 9.58. The molecule has 0 radical (unpaired) electrons. The molecule has 0 amide bonds. The largest absolute Gasteiger partial charge is 0.462 e. The normalized spacial score (nSPS) is 16.2. The molecular formula is C12H19ClO3. The van der Waals surface area contributed by atoms with Gasteiger partial charge in [-0.3, -0.25) is 4.79 Å². The fraction of sp³-hybridized carbons (Fsp3) is 0.583. The third kappa shape index (κ3) is 8.50. The summed E-state index contributed by atoms with van der Waals surface area (Å²) < 4.78 is 4.77. The van der Waals surface area contributed by atoms with E-state index >= 15 is 0 Å². The molecule has 0 aliphatic carbocycles. The molecule has 0 spiro atoms. The van der Waals surface area contributed by atoms with Gasteiger partial charge in [-0.1, -0.05) is 17.7 Å². The number of ether oxygens (including phenoxy) is 1. The Bertz CT molecular complexity index is 280. The van der Waals surface area contributed by atoms with Crippen LogP contribution < -0.4 is 0 Å². The molecule has 0 rings (SSSR count). The van der Waals surface area contributed by atoms with Gasteiger partial charge in [-0.05, 0) is 26.3 Å². The number of allylic oxidation sites excluding steroid dienone is 2. The zero-order valence-corrected chi connectivity index (χ0v) is 10.8. The average Bonchev–Trinajstić information content (AvgIpc) is 2.17. The van der Waals surface area contributed by atoms with E-state index in [4.69, 9.17) is 16.3 Å². The van der Waals surface area contributed by atoms with Gasteiger partial charge in [0.05, 0.1) is 11.5 Å². The SMILES string of the molecule is CC(=O)OC/C=C(\C)C/C=C/C(C)(O)CCl. The topological polar surface area (TPSA) is 46.5 Å². The highest BCUT2D eigenvalue weighted by atomic mass is 35.5. The highest BCUT2D eigenvalue weighted by molar-refractivity contribution is 6.18. The van der Waals surface area contributed by atoms with Gasteiger partial charge in [0.25, 0.3) is 0 Å². The Balaban J connectivity index is 3.97. The number of aliphatic hydroxyl groups is 1. The molecule has 0 aromatic rings. The van der Waals surface area contributed by atoms with Crippen LogP contribution in [0, 0.1) is 0 Å². The van der Waals surface area contributed by atoms with Crippen LogP contribution in [-0.4, -0.2) is 29.2 Å². The van der Waals surface area contributed by atoms with Crippen molar-refractivity contribution in [2.45, 2.75) is 32.8 Å². The third-order valence-corrected chi connectivity index (χ3v) is 2.45. The van der Waals surface area contributed by atoms with Crippen molar-refractivity contribution < 1.29 is 14.6 Å². The van der Waals surface area contributed by atoms with Gasteiger partial charge in [0.1, 0.15) is 6.61 Å². The van der Waals surface area contributed by atoms with Crippen LogP contribution in [0.15, 0.2) is 23.8 Å². The van der Waals surface area contributed by atoms with Crippen LogP contribution in [0.4, 0.5) is 0 Å². The van der Waals surface area contributed by atoms with E-state index in [9.17, 15) is 9.90 Å². The molecule has 0 heterocycles. The van der Waals surface area contributed by atoms with Gasteiger partial charge in [0, 0.05) is 6.92 Å². The molecular weight excluding hydrogens is 228 g/mol. The number of rotatable bonds is 6. The first-order chi connectivity index (χ1) is 7.37. The molecule has 1 unspecified atom stereocenters. The molecule has 0 fully saturated rings. The van der Waals surface area contributed by atoms with Crippen LogP contribution in [0.25, 0.3) is 0 Å². The van der Waals surface area contributed by atoms with Gasteiger partial charge >= 0.3 is 5.97 Å². The zero-order valence-electron chi connectivity index (χ0n) is 10.00.